The lowest BCUT2D eigenvalue weighted by Gasteiger charge is -2.15. The summed E-state index contributed by atoms with van der Waals surface area (Å²) in [6.07, 6.45) is 1.68. The Bertz CT molecular complexity index is 802. The van der Waals surface area contributed by atoms with Crippen LogP contribution in [0.25, 0.3) is 0 Å². The molecule has 3 rings (SSSR count). The molecule has 22 heavy (non-hydrogen) atoms. The predicted molar refractivity (Wildman–Crippen MR) is 87.0 cm³/mol. The number of thiophene rings is 1. The van der Waals surface area contributed by atoms with Gasteiger partial charge in [-0.2, -0.15) is 9.40 Å². The summed E-state index contributed by atoms with van der Waals surface area (Å²) in [4.78, 5) is 0. The van der Waals surface area contributed by atoms with E-state index >= 15 is 0 Å². The van der Waals surface area contributed by atoms with Gasteiger partial charge in [0.25, 0.3) is 10.0 Å². The fourth-order valence-corrected chi connectivity index (χ4v) is 6.32. The molecular formula is C12H14Cl2N4O2S2. The van der Waals surface area contributed by atoms with Crippen LogP contribution < -0.4 is 5.73 Å². The lowest BCUT2D eigenvalue weighted by molar-refractivity contribution is 0.470. The highest BCUT2D eigenvalue weighted by Gasteiger charge is 2.40. The molecule has 2 atom stereocenters. The molecular weight excluding hydrogens is 367 g/mol. The van der Waals surface area contributed by atoms with E-state index < -0.39 is 10.0 Å². The summed E-state index contributed by atoms with van der Waals surface area (Å²) >= 11 is 12.9. The number of aromatic nitrogens is 2. The molecule has 1 saturated heterocycles. The van der Waals surface area contributed by atoms with E-state index in [0.29, 0.717) is 6.54 Å². The van der Waals surface area contributed by atoms with Crippen molar-refractivity contribution in [1.29, 1.82) is 0 Å². The molecule has 0 radical (unpaired) electrons. The van der Waals surface area contributed by atoms with Gasteiger partial charge in [0.05, 0.1) is 10.0 Å². The van der Waals surface area contributed by atoms with Gasteiger partial charge in [0.2, 0.25) is 0 Å². The molecule has 1 fully saturated rings. The minimum atomic E-state index is -3.69. The quantitative estimate of drug-likeness (QED) is 0.881. The van der Waals surface area contributed by atoms with Gasteiger partial charge in [-0.3, -0.25) is 4.68 Å². The Morgan fingerprint density at radius 1 is 1.41 bits per heavy atom. The molecule has 0 aromatic carbocycles. The standard InChI is InChI=1S/C12H14Cl2N4O2S2/c1-17-10(2-3-16-17)7-4-18(5-9(7)15)22(19,20)12-11(14)8(13)6-21-12/h2-3,6-7,9H,4-5,15H2,1H3/t7-,9-/m1/s1. The van der Waals surface area contributed by atoms with Gasteiger partial charge in [-0.25, -0.2) is 8.42 Å². The molecule has 2 aromatic heterocycles. The Kier molecular flexibility index (Phi) is 4.26. The number of aryl methyl sites for hydroxylation is 1. The third kappa shape index (κ3) is 2.57. The first-order chi connectivity index (χ1) is 10.3. The van der Waals surface area contributed by atoms with E-state index in [-0.39, 0.29) is 32.8 Å². The molecule has 0 saturated carbocycles. The number of hydrogen-bond donors (Lipinski definition) is 1. The van der Waals surface area contributed by atoms with E-state index in [0.717, 1.165) is 17.0 Å². The van der Waals surface area contributed by atoms with Crippen molar-refractivity contribution in [3.63, 3.8) is 0 Å². The molecule has 2 N–H and O–H groups in total. The van der Waals surface area contributed by atoms with Gasteiger partial charge in [0.1, 0.15) is 0 Å². The molecule has 0 amide bonds. The third-order valence-electron chi connectivity index (χ3n) is 3.80. The minimum Gasteiger partial charge on any atom is -0.326 e. The zero-order valence-corrected chi connectivity index (χ0v) is 14.8. The Morgan fingerprint density at radius 2 is 2.14 bits per heavy atom. The predicted octanol–water partition coefficient (Wildman–Crippen LogP) is 1.90. The molecule has 120 valence electrons. The summed E-state index contributed by atoms with van der Waals surface area (Å²) in [6, 6.07) is 1.56. The smallest absolute Gasteiger partial charge is 0.254 e. The van der Waals surface area contributed by atoms with Crippen molar-refractivity contribution in [2.24, 2.45) is 12.8 Å². The summed E-state index contributed by atoms with van der Waals surface area (Å²) in [5.41, 5.74) is 7.06. The molecule has 10 heteroatoms. The van der Waals surface area contributed by atoms with Crippen molar-refractivity contribution < 1.29 is 8.42 Å². The van der Waals surface area contributed by atoms with Crippen molar-refractivity contribution in [3.8, 4) is 0 Å². The summed E-state index contributed by atoms with van der Waals surface area (Å²) in [6.45, 7) is 0.541. The van der Waals surface area contributed by atoms with Crippen molar-refractivity contribution >= 4 is 44.6 Å². The zero-order chi connectivity index (χ0) is 16.1. The second-order valence-electron chi connectivity index (χ2n) is 5.16. The van der Waals surface area contributed by atoms with Crippen LogP contribution in [0.2, 0.25) is 10.0 Å². The summed E-state index contributed by atoms with van der Waals surface area (Å²) in [7, 11) is -1.88. The number of halogens is 2. The van der Waals surface area contributed by atoms with Crippen LogP contribution in [0.3, 0.4) is 0 Å². The van der Waals surface area contributed by atoms with Crippen LogP contribution in [-0.2, 0) is 17.1 Å². The Balaban J connectivity index is 1.91. The zero-order valence-electron chi connectivity index (χ0n) is 11.6. The second-order valence-corrected chi connectivity index (χ2v) is 8.96. The first-order valence-electron chi connectivity index (χ1n) is 6.48. The van der Waals surface area contributed by atoms with E-state index in [1.807, 2.05) is 13.1 Å². The number of nitrogens with zero attached hydrogens (tertiary/aromatic N) is 3. The van der Waals surface area contributed by atoms with Gasteiger partial charge in [-0.15, -0.1) is 11.3 Å². The SMILES string of the molecule is Cn1nccc1[C@@H]1CN(S(=O)(=O)c2scc(Cl)c2Cl)C[C@H]1N. The highest BCUT2D eigenvalue weighted by atomic mass is 35.5. The van der Waals surface area contributed by atoms with Crippen molar-refractivity contribution in [2.75, 3.05) is 13.1 Å². The van der Waals surface area contributed by atoms with E-state index in [9.17, 15) is 8.42 Å². The number of rotatable bonds is 3. The number of sulfonamides is 1. The highest BCUT2D eigenvalue weighted by Crippen LogP contribution is 2.39. The molecule has 0 bridgehead atoms. The highest BCUT2D eigenvalue weighted by molar-refractivity contribution is 7.91. The van der Waals surface area contributed by atoms with Crippen molar-refractivity contribution in [3.05, 3.63) is 33.4 Å². The minimum absolute atomic E-state index is 0.0667. The molecule has 0 aliphatic carbocycles. The molecule has 6 nitrogen and oxygen atoms in total. The summed E-state index contributed by atoms with van der Waals surface area (Å²) < 4.78 is 28.6. The van der Waals surface area contributed by atoms with Gasteiger partial charge in [0, 0.05) is 49.4 Å². The Labute approximate surface area is 142 Å². The van der Waals surface area contributed by atoms with Gasteiger partial charge >= 0.3 is 0 Å². The molecule has 0 spiro atoms. The molecule has 3 heterocycles. The van der Waals surface area contributed by atoms with Crippen LogP contribution in [0.15, 0.2) is 21.9 Å². The average molecular weight is 381 g/mol. The number of hydrogen-bond acceptors (Lipinski definition) is 5. The van der Waals surface area contributed by atoms with Crippen LogP contribution in [0.1, 0.15) is 11.6 Å². The Morgan fingerprint density at radius 3 is 2.68 bits per heavy atom. The number of nitrogens with two attached hydrogens (primary N) is 1. The monoisotopic (exact) mass is 380 g/mol. The first kappa shape index (κ1) is 16.2. The van der Waals surface area contributed by atoms with Gasteiger partial charge in [-0.05, 0) is 6.07 Å². The first-order valence-corrected chi connectivity index (χ1v) is 9.56. The largest absolute Gasteiger partial charge is 0.326 e. The molecule has 1 aliphatic rings. The summed E-state index contributed by atoms with van der Waals surface area (Å²) in [5.74, 6) is -0.100. The molecule has 1 aliphatic heterocycles. The van der Waals surface area contributed by atoms with Crippen LogP contribution in [0, 0.1) is 0 Å². The molecule has 2 aromatic rings. The molecule has 0 unspecified atom stereocenters. The van der Waals surface area contributed by atoms with Gasteiger partial charge in [-0.1, -0.05) is 23.2 Å². The van der Waals surface area contributed by atoms with Crippen LogP contribution in [0.5, 0.6) is 0 Å². The van der Waals surface area contributed by atoms with E-state index in [4.69, 9.17) is 28.9 Å². The Hall–Kier alpha value is -0.640. The average Bonchev–Trinajstić information content (AvgIpc) is 3.12. The fraction of sp³-hybridized carbons (Fsp3) is 0.417. The topological polar surface area (TPSA) is 81.2 Å². The van der Waals surface area contributed by atoms with Crippen molar-refractivity contribution in [1.82, 2.24) is 14.1 Å². The lowest BCUT2D eigenvalue weighted by Crippen LogP contribution is -2.32. The maximum atomic E-state index is 12.7. The second kappa shape index (κ2) is 5.77. The van der Waals surface area contributed by atoms with E-state index in [1.165, 1.54) is 9.69 Å². The van der Waals surface area contributed by atoms with Crippen LogP contribution in [0.4, 0.5) is 0 Å². The normalized spacial score (nSPS) is 23.3. The van der Waals surface area contributed by atoms with Crippen molar-refractivity contribution in [2.45, 2.75) is 16.2 Å². The maximum Gasteiger partial charge on any atom is 0.254 e. The summed E-state index contributed by atoms with van der Waals surface area (Å²) in [5, 5.41) is 5.95. The van der Waals surface area contributed by atoms with Gasteiger partial charge in [0.15, 0.2) is 4.21 Å². The fourth-order valence-electron chi connectivity index (χ4n) is 2.65. The lowest BCUT2D eigenvalue weighted by atomic mass is 10.0. The van der Waals surface area contributed by atoms with Crippen LogP contribution in [-0.4, -0.2) is 41.6 Å². The third-order valence-corrected chi connectivity index (χ3v) is 8.29. The van der Waals surface area contributed by atoms with Crippen LogP contribution >= 0.6 is 34.5 Å². The van der Waals surface area contributed by atoms with E-state index in [1.54, 1.807) is 10.9 Å². The van der Waals surface area contributed by atoms with Gasteiger partial charge < -0.3 is 5.73 Å². The maximum absolute atomic E-state index is 12.7. The van der Waals surface area contributed by atoms with E-state index in [2.05, 4.69) is 5.10 Å².